The number of methoxy groups -OCH3 is 1. The minimum atomic E-state index is -0.782. The number of piperidine rings is 1. The van der Waals surface area contributed by atoms with Crippen LogP contribution in [0.3, 0.4) is 0 Å². The number of nitrogens with one attached hydrogen (secondary N) is 1. The summed E-state index contributed by atoms with van der Waals surface area (Å²) in [7, 11) is 1.56. The van der Waals surface area contributed by atoms with E-state index in [0.29, 0.717) is 56.4 Å². The van der Waals surface area contributed by atoms with Crippen LogP contribution in [0.25, 0.3) is 0 Å². The molecule has 0 aromatic heterocycles. The molecule has 1 atom stereocenters. The molecule has 0 saturated carbocycles. The van der Waals surface area contributed by atoms with Crippen molar-refractivity contribution in [2.45, 2.75) is 38.6 Å². The van der Waals surface area contributed by atoms with Gasteiger partial charge in [-0.2, -0.15) is 0 Å². The first-order chi connectivity index (χ1) is 17.4. The zero-order chi connectivity index (χ0) is 25.7. The molecule has 0 radical (unpaired) electrons. The van der Waals surface area contributed by atoms with E-state index in [-0.39, 0.29) is 24.3 Å². The zero-order valence-electron chi connectivity index (χ0n) is 21.4. The number of hydrogen-bond acceptors (Lipinski definition) is 5. The van der Waals surface area contributed by atoms with Crippen molar-refractivity contribution in [3.05, 3.63) is 60.2 Å². The van der Waals surface area contributed by atoms with Gasteiger partial charge >= 0.3 is 0 Å². The van der Waals surface area contributed by atoms with E-state index in [4.69, 9.17) is 4.74 Å². The Hall–Kier alpha value is -3.55. The monoisotopic (exact) mass is 492 g/mol. The molecule has 2 heterocycles. The molecule has 0 bridgehead atoms. The smallest absolute Gasteiger partial charge is 0.257 e. The average Bonchev–Trinajstić information content (AvgIpc) is 3.18. The number of rotatable bonds is 8. The molecule has 8 nitrogen and oxygen atoms in total. The van der Waals surface area contributed by atoms with E-state index in [2.05, 4.69) is 24.1 Å². The SMILES string of the molecule is CCC(C)CNC(=O)CN1CN(c2ccccc2)C2(CCN(C(=O)c3ccccc3OC)CC2)C1=O. The van der Waals surface area contributed by atoms with E-state index in [0.717, 1.165) is 12.1 Å². The summed E-state index contributed by atoms with van der Waals surface area (Å²) in [6.07, 6.45) is 1.97. The maximum Gasteiger partial charge on any atom is 0.257 e. The summed E-state index contributed by atoms with van der Waals surface area (Å²) in [5.74, 6) is 0.646. The number of anilines is 1. The standard InChI is InChI=1S/C28H36N4O4/c1-4-21(2)18-29-25(33)19-31-20-32(22-10-6-5-7-11-22)28(27(31)35)14-16-30(17-15-28)26(34)23-12-8-9-13-24(23)36-3/h5-13,21H,4,14-20H2,1-3H3,(H,29,33). The topological polar surface area (TPSA) is 82.2 Å². The highest BCUT2D eigenvalue weighted by Gasteiger charge is 2.54. The number of nitrogens with zero attached hydrogens (tertiary/aromatic N) is 3. The first-order valence-corrected chi connectivity index (χ1v) is 12.7. The molecular formula is C28H36N4O4. The molecular weight excluding hydrogens is 456 g/mol. The van der Waals surface area contributed by atoms with Gasteiger partial charge in [0.1, 0.15) is 17.8 Å². The number of ether oxygens (including phenoxy) is 1. The van der Waals surface area contributed by atoms with Crippen molar-refractivity contribution in [2.24, 2.45) is 5.92 Å². The summed E-state index contributed by atoms with van der Waals surface area (Å²) in [5.41, 5.74) is 0.682. The largest absolute Gasteiger partial charge is 0.496 e. The second kappa shape index (κ2) is 11.0. The molecule has 3 amide bonds. The fourth-order valence-electron chi connectivity index (χ4n) is 5.06. The van der Waals surface area contributed by atoms with Gasteiger partial charge in [-0.05, 0) is 43.0 Å². The molecule has 1 spiro atoms. The van der Waals surface area contributed by atoms with Crippen molar-refractivity contribution in [1.82, 2.24) is 15.1 Å². The predicted octanol–water partition coefficient (Wildman–Crippen LogP) is 3.14. The van der Waals surface area contributed by atoms with Crippen molar-refractivity contribution in [3.63, 3.8) is 0 Å². The number of amides is 3. The van der Waals surface area contributed by atoms with Gasteiger partial charge in [0.15, 0.2) is 0 Å². The van der Waals surface area contributed by atoms with E-state index in [1.54, 1.807) is 29.0 Å². The lowest BCUT2D eigenvalue weighted by molar-refractivity contribution is -0.137. The molecule has 8 heteroatoms. The summed E-state index contributed by atoms with van der Waals surface area (Å²) in [6.45, 7) is 6.05. The second-order valence-corrected chi connectivity index (χ2v) is 9.75. The first-order valence-electron chi connectivity index (χ1n) is 12.7. The number of benzene rings is 2. The highest BCUT2D eigenvalue weighted by atomic mass is 16.5. The Kier molecular flexibility index (Phi) is 7.82. The molecule has 1 N–H and O–H groups in total. The molecule has 36 heavy (non-hydrogen) atoms. The second-order valence-electron chi connectivity index (χ2n) is 9.75. The van der Waals surface area contributed by atoms with Gasteiger partial charge in [0.05, 0.1) is 19.3 Å². The predicted molar refractivity (Wildman–Crippen MR) is 139 cm³/mol. The Labute approximate surface area is 213 Å². The normalized spacial score (nSPS) is 17.9. The molecule has 4 rings (SSSR count). The van der Waals surface area contributed by atoms with Crippen LogP contribution in [-0.4, -0.2) is 73.0 Å². The highest BCUT2D eigenvalue weighted by Crippen LogP contribution is 2.40. The fourth-order valence-corrected chi connectivity index (χ4v) is 5.06. The lowest BCUT2D eigenvalue weighted by Gasteiger charge is -2.43. The number of carbonyl (C=O) groups is 3. The Bertz CT molecular complexity index is 1080. The number of para-hydroxylation sites is 2. The summed E-state index contributed by atoms with van der Waals surface area (Å²) in [5, 5.41) is 2.96. The van der Waals surface area contributed by atoms with E-state index in [9.17, 15) is 14.4 Å². The molecule has 0 aliphatic carbocycles. The van der Waals surface area contributed by atoms with Crippen molar-refractivity contribution >= 4 is 23.4 Å². The Morgan fingerprint density at radius 3 is 2.39 bits per heavy atom. The minimum absolute atomic E-state index is 0.0320. The van der Waals surface area contributed by atoms with Gasteiger partial charge in [-0.25, -0.2) is 0 Å². The van der Waals surface area contributed by atoms with Gasteiger partial charge in [0.25, 0.3) is 11.8 Å². The lowest BCUT2D eigenvalue weighted by Crippen LogP contribution is -2.57. The first kappa shape index (κ1) is 25.5. The number of likely N-dealkylation sites (tertiary alicyclic amines) is 1. The lowest BCUT2D eigenvalue weighted by atomic mass is 9.85. The molecule has 1 unspecified atom stereocenters. The van der Waals surface area contributed by atoms with Crippen LogP contribution in [0, 0.1) is 5.92 Å². The molecule has 2 fully saturated rings. The Morgan fingerprint density at radius 2 is 1.72 bits per heavy atom. The van der Waals surface area contributed by atoms with Crippen LogP contribution in [0.2, 0.25) is 0 Å². The Balaban J connectivity index is 1.52. The quantitative estimate of drug-likeness (QED) is 0.612. The summed E-state index contributed by atoms with van der Waals surface area (Å²) in [6, 6.07) is 17.0. The van der Waals surface area contributed by atoms with Gasteiger partial charge in [0, 0.05) is 25.3 Å². The fraction of sp³-hybridized carbons (Fsp3) is 0.464. The third-order valence-corrected chi connectivity index (χ3v) is 7.48. The van der Waals surface area contributed by atoms with E-state index < -0.39 is 5.54 Å². The maximum absolute atomic E-state index is 13.8. The molecule has 192 valence electrons. The van der Waals surface area contributed by atoms with E-state index in [1.165, 1.54) is 0 Å². The highest BCUT2D eigenvalue weighted by molar-refractivity contribution is 5.99. The van der Waals surface area contributed by atoms with Gasteiger partial charge in [-0.1, -0.05) is 50.6 Å². The van der Waals surface area contributed by atoms with Crippen LogP contribution in [0.4, 0.5) is 5.69 Å². The van der Waals surface area contributed by atoms with Crippen LogP contribution in [0.5, 0.6) is 5.75 Å². The molecule has 2 aromatic rings. The molecule has 2 saturated heterocycles. The van der Waals surface area contributed by atoms with E-state index in [1.807, 2.05) is 42.5 Å². The van der Waals surface area contributed by atoms with E-state index >= 15 is 0 Å². The van der Waals surface area contributed by atoms with Crippen LogP contribution >= 0.6 is 0 Å². The van der Waals surface area contributed by atoms with Crippen molar-refractivity contribution in [1.29, 1.82) is 0 Å². The van der Waals surface area contributed by atoms with Gasteiger partial charge in [-0.3, -0.25) is 14.4 Å². The minimum Gasteiger partial charge on any atom is -0.496 e. The third kappa shape index (κ3) is 5.03. The van der Waals surface area contributed by atoms with Gasteiger partial charge in [-0.15, -0.1) is 0 Å². The average molecular weight is 493 g/mol. The molecule has 2 aromatic carbocycles. The number of carbonyl (C=O) groups excluding carboxylic acids is 3. The van der Waals surface area contributed by atoms with Crippen molar-refractivity contribution in [3.8, 4) is 5.75 Å². The van der Waals surface area contributed by atoms with Crippen LogP contribution in [0.15, 0.2) is 54.6 Å². The zero-order valence-corrected chi connectivity index (χ0v) is 21.4. The molecule has 2 aliphatic rings. The van der Waals surface area contributed by atoms with Crippen LogP contribution in [0.1, 0.15) is 43.5 Å². The Morgan fingerprint density at radius 1 is 1.06 bits per heavy atom. The van der Waals surface area contributed by atoms with Gasteiger partial charge in [0.2, 0.25) is 5.91 Å². The number of hydrogen-bond donors (Lipinski definition) is 1. The van der Waals surface area contributed by atoms with Crippen molar-refractivity contribution in [2.75, 3.05) is 44.9 Å². The molecule has 2 aliphatic heterocycles. The maximum atomic E-state index is 13.8. The summed E-state index contributed by atoms with van der Waals surface area (Å²) >= 11 is 0. The van der Waals surface area contributed by atoms with Crippen molar-refractivity contribution < 1.29 is 19.1 Å². The van der Waals surface area contributed by atoms with Crippen LogP contribution < -0.4 is 15.0 Å². The van der Waals surface area contributed by atoms with Gasteiger partial charge < -0.3 is 24.8 Å². The summed E-state index contributed by atoms with van der Waals surface area (Å²) < 4.78 is 5.38. The summed E-state index contributed by atoms with van der Waals surface area (Å²) in [4.78, 5) is 45.3. The van der Waals surface area contributed by atoms with Crippen LogP contribution in [-0.2, 0) is 9.59 Å². The third-order valence-electron chi connectivity index (χ3n) is 7.48.